The normalized spacial score (nSPS) is 9.89. The van der Waals surface area contributed by atoms with Gasteiger partial charge in [-0.2, -0.15) is 0 Å². The van der Waals surface area contributed by atoms with E-state index in [1.54, 1.807) is 6.26 Å². The number of hydrogen-bond acceptors (Lipinski definition) is 2. The van der Waals surface area contributed by atoms with Gasteiger partial charge in [0.05, 0.1) is 5.69 Å². The Morgan fingerprint density at radius 3 is 3.11 bits per heavy atom. The third-order valence-corrected chi connectivity index (χ3v) is 1.17. The van der Waals surface area contributed by atoms with Gasteiger partial charge in [-0.3, -0.25) is 0 Å². The van der Waals surface area contributed by atoms with Crippen LogP contribution in [-0.4, -0.2) is 5.16 Å². The molecule has 1 radical (unpaired) electrons. The Hall–Kier alpha value is -0.790. The van der Waals surface area contributed by atoms with Crippen molar-refractivity contribution in [3.63, 3.8) is 0 Å². The number of aryl methyl sites for hydroxylation is 1. The minimum absolute atomic E-state index is 0.965. The van der Waals surface area contributed by atoms with Crippen LogP contribution in [0.4, 0.5) is 0 Å². The van der Waals surface area contributed by atoms with Gasteiger partial charge in [-0.05, 0) is 12.8 Å². The largest absolute Gasteiger partial charge is 0.365 e. The van der Waals surface area contributed by atoms with Crippen molar-refractivity contribution < 1.29 is 4.52 Å². The summed E-state index contributed by atoms with van der Waals surface area (Å²) in [6.07, 6.45) is 4.64. The molecule has 0 spiro atoms. The molecule has 0 aliphatic heterocycles. The van der Waals surface area contributed by atoms with Crippen LogP contribution in [0.1, 0.15) is 18.5 Å². The molecule has 1 aromatic heterocycles. The average Bonchev–Trinajstić information content (AvgIpc) is 2.34. The molecule has 1 heterocycles. The highest BCUT2D eigenvalue weighted by molar-refractivity contribution is 4.94. The molecule has 2 nitrogen and oxygen atoms in total. The minimum Gasteiger partial charge on any atom is -0.365 e. The second-order valence-corrected chi connectivity index (χ2v) is 1.95. The summed E-state index contributed by atoms with van der Waals surface area (Å²) in [5, 5.41) is 3.75. The monoisotopic (exact) mass is 124 g/mol. The van der Waals surface area contributed by atoms with E-state index in [4.69, 9.17) is 0 Å². The molecule has 49 valence electrons. The molecule has 0 atom stereocenters. The van der Waals surface area contributed by atoms with Gasteiger partial charge in [-0.25, -0.2) is 0 Å². The molecular formula is C7H10NO. The van der Waals surface area contributed by atoms with Gasteiger partial charge in [0, 0.05) is 6.07 Å². The van der Waals surface area contributed by atoms with E-state index in [1.807, 2.05) is 6.07 Å². The highest BCUT2D eigenvalue weighted by Gasteiger charge is 1.92. The Morgan fingerprint density at radius 2 is 2.56 bits per heavy atom. The van der Waals surface area contributed by atoms with Gasteiger partial charge in [0.15, 0.2) is 0 Å². The molecule has 0 aliphatic carbocycles. The van der Waals surface area contributed by atoms with Crippen LogP contribution in [-0.2, 0) is 6.42 Å². The Labute approximate surface area is 54.9 Å². The van der Waals surface area contributed by atoms with Crippen molar-refractivity contribution in [3.8, 4) is 0 Å². The molecule has 0 amide bonds. The van der Waals surface area contributed by atoms with Crippen LogP contribution in [0.2, 0.25) is 0 Å². The molecule has 2 heteroatoms. The van der Waals surface area contributed by atoms with Crippen LogP contribution in [0, 0.1) is 6.92 Å². The van der Waals surface area contributed by atoms with E-state index in [1.165, 1.54) is 0 Å². The second kappa shape index (κ2) is 3.28. The van der Waals surface area contributed by atoms with Crippen LogP contribution < -0.4 is 0 Å². The smallest absolute Gasteiger partial charge is 0.124 e. The molecule has 0 bridgehead atoms. The predicted molar refractivity (Wildman–Crippen MR) is 34.8 cm³/mol. The van der Waals surface area contributed by atoms with Gasteiger partial charge in [0.1, 0.15) is 6.26 Å². The fourth-order valence-corrected chi connectivity index (χ4v) is 0.673. The molecule has 0 aliphatic rings. The van der Waals surface area contributed by atoms with E-state index in [-0.39, 0.29) is 0 Å². The Bertz CT molecular complexity index is 146. The van der Waals surface area contributed by atoms with Crippen LogP contribution in [0.3, 0.4) is 0 Å². The lowest BCUT2D eigenvalue weighted by atomic mass is 10.2. The summed E-state index contributed by atoms with van der Waals surface area (Å²) in [6, 6.07) is 1.88. The summed E-state index contributed by atoms with van der Waals surface area (Å²) in [7, 11) is 0. The lowest BCUT2D eigenvalue weighted by molar-refractivity contribution is 0.411. The zero-order valence-electron chi connectivity index (χ0n) is 5.34. The molecule has 0 aromatic carbocycles. The van der Waals surface area contributed by atoms with Gasteiger partial charge in [0.2, 0.25) is 0 Å². The number of hydrogen-bond donors (Lipinski definition) is 0. The van der Waals surface area contributed by atoms with Crippen LogP contribution in [0.15, 0.2) is 16.9 Å². The van der Waals surface area contributed by atoms with Gasteiger partial charge >= 0.3 is 0 Å². The molecule has 0 N–H and O–H groups in total. The lowest BCUT2D eigenvalue weighted by Gasteiger charge is -1.87. The summed E-state index contributed by atoms with van der Waals surface area (Å²) < 4.78 is 4.64. The maximum Gasteiger partial charge on any atom is 0.124 e. The molecular weight excluding hydrogens is 114 g/mol. The zero-order chi connectivity index (χ0) is 6.53. The maximum atomic E-state index is 4.64. The molecule has 0 saturated carbocycles. The van der Waals surface area contributed by atoms with Crippen molar-refractivity contribution in [2.75, 3.05) is 0 Å². The Kier molecular flexibility index (Phi) is 2.31. The topological polar surface area (TPSA) is 26.0 Å². The first kappa shape index (κ1) is 6.33. The minimum atomic E-state index is 0.965. The van der Waals surface area contributed by atoms with Crippen LogP contribution in [0.5, 0.6) is 0 Å². The highest BCUT2D eigenvalue weighted by Crippen LogP contribution is 1.99. The van der Waals surface area contributed by atoms with Crippen molar-refractivity contribution in [2.24, 2.45) is 0 Å². The first-order chi connectivity index (χ1) is 4.43. The number of aromatic nitrogens is 1. The van der Waals surface area contributed by atoms with Crippen molar-refractivity contribution in [1.29, 1.82) is 0 Å². The molecule has 9 heavy (non-hydrogen) atoms. The van der Waals surface area contributed by atoms with Gasteiger partial charge in [-0.15, -0.1) is 0 Å². The average molecular weight is 124 g/mol. The summed E-state index contributed by atoms with van der Waals surface area (Å²) in [5.74, 6) is 0. The van der Waals surface area contributed by atoms with Gasteiger partial charge in [-0.1, -0.05) is 18.5 Å². The molecule has 1 rings (SSSR count). The van der Waals surface area contributed by atoms with E-state index in [0.29, 0.717) is 0 Å². The Morgan fingerprint density at radius 1 is 1.67 bits per heavy atom. The van der Waals surface area contributed by atoms with Crippen molar-refractivity contribution in [3.05, 3.63) is 24.9 Å². The van der Waals surface area contributed by atoms with E-state index >= 15 is 0 Å². The number of nitrogens with zero attached hydrogens (tertiary/aromatic N) is 1. The summed E-state index contributed by atoms with van der Waals surface area (Å²) in [4.78, 5) is 0. The first-order valence-electron chi connectivity index (χ1n) is 3.12. The van der Waals surface area contributed by atoms with Crippen molar-refractivity contribution in [2.45, 2.75) is 19.3 Å². The third kappa shape index (κ3) is 1.88. The standard InChI is InChI=1S/C7H10NO/c1-2-3-4-7-5-6-9-8-7/h5-6H,1-4H2. The Balaban J connectivity index is 2.30. The van der Waals surface area contributed by atoms with Crippen LogP contribution in [0.25, 0.3) is 0 Å². The third-order valence-electron chi connectivity index (χ3n) is 1.17. The lowest BCUT2D eigenvalue weighted by Crippen LogP contribution is -1.82. The fraction of sp³-hybridized carbons (Fsp3) is 0.429. The summed E-state index contributed by atoms with van der Waals surface area (Å²) in [5.41, 5.74) is 1.03. The van der Waals surface area contributed by atoms with E-state index in [2.05, 4.69) is 16.6 Å². The summed E-state index contributed by atoms with van der Waals surface area (Å²) >= 11 is 0. The van der Waals surface area contributed by atoms with Crippen molar-refractivity contribution >= 4 is 0 Å². The number of unbranched alkanes of at least 4 members (excludes halogenated alkanes) is 1. The van der Waals surface area contributed by atoms with E-state index in [9.17, 15) is 0 Å². The van der Waals surface area contributed by atoms with E-state index in [0.717, 1.165) is 25.0 Å². The second-order valence-electron chi connectivity index (χ2n) is 1.95. The van der Waals surface area contributed by atoms with E-state index < -0.39 is 0 Å². The molecule has 0 fully saturated rings. The van der Waals surface area contributed by atoms with Gasteiger partial charge < -0.3 is 4.52 Å². The van der Waals surface area contributed by atoms with Crippen LogP contribution >= 0.6 is 0 Å². The maximum absolute atomic E-state index is 4.64. The highest BCUT2D eigenvalue weighted by atomic mass is 16.5. The molecule has 1 aromatic rings. The predicted octanol–water partition coefficient (Wildman–Crippen LogP) is 1.83. The molecule has 0 unspecified atom stereocenters. The number of rotatable bonds is 3. The molecule has 0 saturated heterocycles. The van der Waals surface area contributed by atoms with Crippen molar-refractivity contribution in [1.82, 2.24) is 5.16 Å². The first-order valence-corrected chi connectivity index (χ1v) is 3.12. The SMILES string of the molecule is [CH2]CCCc1ccon1. The quantitative estimate of drug-likeness (QED) is 0.614. The fourth-order valence-electron chi connectivity index (χ4n) is 0.673. The zero-order valence-corrected chi connectivity index (χ0v) is 5.34. The summed E-state index contributed by atoms with van der Waals surface area (Å²) in [6.45, 7) is 3.73. The van der Waals surface area contributed by atoms with Gasteiger partial charge in [0.25, 0.3) is 0 Å².